The first-order valence-electron chi connectivity index (χ1n) is 7.19. The average molecular weight is 266 g/mol. The van der Waals surface area contributed by atoms with Crippen molar-refractivity contribution in [1.29, 1.82) is 0 Å². The van der Waals surface area contributed by atoms with Crippen molar-refractivity contribution in [2.24, 2.45) is 0 Å². The van der Waals surface area contributed by atoms with Gasteiger partial charge in [-0.2, -0.15) is 0 Å². The van der Waals surface area contributed by atoms with Crippen molar-refractivity contribution in [2.45, 2.75) is 59.2 Å². The maximum atomic E-state index is 3.50. The molecule has 0 saturated carbocycles. The van der Waals surface area contributed by atoms with E-state index < -0.39 is 0 Å². The van der Waals surface area contributed by atoms with Crippen molar-refractivity contribution >= 4 is 11.3 Å². The molecule has 1 aromatic rings. The summed E-state index contributed by atoms with van der Waals surface area (Å²) in [7, 11) is 0. The van der Waals surface area contributed by atoms with E-state index in [0.29, 0.717) is 6.04 Å². The summed E-state index contributed by atoms with van der Waals surface area (Å²) < 4.78 is 0. The van der Waals surface area contributed by atoms with Crippen LogP contribution in [0.15, 0.2) is 6.07 Å². The molecule has 0 aromatic carbocycles. The molecule has 0 amide bonds. The Labute approximate surface area is 115 Å². The molecule has 1 aliphatic heterocycles. The van der Waals surface area contributed by atoms with E-state index in [1.165, 1.54) is 42.1 Å². The second kappa shape index (κ2) is 6.69. The first-order valence-corrected chi connectivity index (χ1v) is 8.00. The van der Waals surface area contributed by atoms with Gasteiger partial charge in [0.15, 0.2) is 0 Å². The van der Waals surface area contributed by atoms with E-state index in [9.17, 15) is 0 Å². The number of thiophene rings is 1. The maximum Gasteiger partial charge on any atom is 0.0302 e. The van der Waals surface area contributed by atoms with Gasteiger partial charge in [-0.25, -0.2) is 0 Å². The summed E-state index contributed by atoms with van der Waals surface area (Å²) in [4.78, 5) is 5.59. The zero-order valence-electron chi connectivity index (χ0n) is 12.0. The number of rotatable bonds is 5. The predicted octanol–water partition coefficient (Wildman–Crippen LogP) is 3.54. The smallest absolute Gasteiger partial charge is 0.0302 e. The summed E-state index contributed by atoms with van der Waals surface area (Å²) in [5.41, 5.74) is 1.54. The van der Waals surface area contributed by atoms with Crippen LogP contribution in [-0.2, 0) is 13.1 Å². The van der Waals surface area contributed by atoms with Crippen molar-refractivity contribution in [2.75, 3.05) is 13.1 Å². The number of piperidine rings is 1. The van der Waals surface area contributed by atoms with Crippen LogP contribution in [0.2, 0.25) is 0 Å². The molecule has 18 heavy (non-hydrogen) atoms. The minimum absolute atomic E-state index is 0.568. The van der Waals surface area contributed by atoms with Gasteiger partial charge in [0, 0.05) is 28.9 Å². The van der Waals surface area contributed by atoms with Crippen LogP contribution < -0.4 is 5.32 Å². The molecule has 1 aromatic heterocycles. The Kier molecular flexibility index (Phi) is 5.22. The van der Waals surface area contributed by atoms with E-state index in [2.05, 4.69) is 37.1 Å². The fourth-order valence-corrected chi connectivity index (χ4v) is 3.50. The van der Waals surface area contributed by atoms with Gasteiger partial charge in [-0.3, -0.25) is 4.90 Å². The SMILES string of the molecule is Cc1sc(CNC(C)C)cc1CN1CCCCC1. The second-order valence-electron chi connectivity index (χ2n) is 5.67. The Balaban J connectivity index is 1.91. The van der Waals surface area contributed by atoms with E-state index in [0.717, 1.165) is 13.1 Å². The van der Waals surface area contributed by atoms with Gasteiger partial charge in [0.1, 0.15) is 0 Å². The zero-order valence-corrected chi connectivity index (χ0v) is 12.8. The maximum absolute atomic E-state index is 3.50. The summed E-state index contributed by atoms with van der Waals surface area (Å²) in [6.07, 6.45) is 4.18. The summed E-state index contributed by atoms with van der Waals surface area (Å²) >= 11 is 1.96. The van der Waals surface area contributed by atoms with Crippen molar-refractivity contribution < 1.29 is 0 Å². The van der Waals surface area contributed by atoms with Gasteiger partial charge in [0.25, 0.3) is 0 Å². The Morgan fingerprint density at radius 2 is 2.00 bits per heavy atom. The average Bonchev–Trinajstić information content (AvgIpc) is 2.69. The fourth-order valence-electron chi connectivity index (χ4n) is 2.49. The van der Waals surface area contributed by atoms with Gasteiger partial charge in [0.2, 0.25) is 0 Å². The van der Waals surface area contributed by atoms with E-state index in [1.807, 2.05) is 11.3 Å². The third-order valence-corrected chi connectivity index (χ3v) is 4.69. The number of aryl methyl sites for hydroxylation is 1. The Bertz CT molecular complexity index is 365. The largest absolute Gasteiger partial charge is 0.310 e. The summed E-state index contributed by atoms with van der Waals surface area (Å²) in [6.45, 7) is 11.4. The lowest BCUT2D eigenvalue weighted by molar-refractivity contribution is 0.221. The highest BCUT2D eigenvalue weighted by molar-refractivity contribution is 7.12. The lowest BCUT2D eigenvalue weighted by Gasteiger charge is -2.26. The molecular weight excluding hydrogens is 240 g/mol. The van der Waals surface area contributed by atoms with Gasteiger partial charge < -0.3 is 5.32 Å². The molecule has 2 heterocycles. The standard InChI is InChI=1S/C15H26N2S/c1-12(2)16-10-15-9-14(13(3)18-15)11-17-7-5-4-6-8-17/h9,12,16H,4-8,10-11H2,1-3H3. The molecule has 0 radical (unpaired) electrons. The molecule has 2 nitrogen and oxygen atoms in total. The number of hydrogen-bond acceptors (Lipinski definition) is 3. The molecule has 0 spiro atoms. The van der Waals surface area contributed by atoms with Crippen molar-refractivity contribution in [3.8, 4) is 0 Å². The number of nitrogens with one attached hydrogen (secondary N) is 1. The summed E-state index contributed by atoms with van der Waals surface area (Å²) in [5, 5.41) is 3.50. The van der Waals surface area contributed by atoms with Crippen molar-refractivity contribution in [3.05, 3.63) is 21.4 Å². The lowest BCUT2D eigenvalue weighted by Crippen LogP contribution is -2.29. The Morgan fingerprint density at radius 3 is 2.67 bits per heavy atom. The normalized spacial score (nSPS) is 17.6. The molecular formula is C15H26N2S. The monoisotopic (exact) mass is 266 g/mol. The highest BCUT2D eigenvalue weighted by Crippen LogP contribution is 2.24. The van der Waals surface area contributed by atoms with Crippen LogP contribution in [0.3, 0.4) is 0 Å². The third-order valence-electron chi connectivity index (χ3n) is 3.60. The minimum atomic E-state index is 0.568. The van der Waals surface area contributed by atoms with Crippen LogP contribution in [0.4, 0.5) is 0 Å². The van der Waals surface area contributed by atoms with Crippen LogP contribution in [0, 0.1) is 6.92 Å². The highest BCUT2D eigenvalue weighted by atomic mass is 32.1. The topological polar surface area (TPSA) is 15.3 Å². The molecule has 0 bridgehead atoms. The predicted molar refractivity (Wildman–Crippen MR) is 80.2 cm³/mol. The van der Waals surface area contributed by atoms with Gasteiger partial charge >= 0.3 is 0 Å². The van der Waals surface area contributed by atoms with Gasteiger partial charge in [-0.05, 0) is 44.5 Å². The molecule has 0 atom stereocenters. The zero-order chi connectivity index (χ0) is 13.0. The summed E-state index contributed by atoms with van der Waals surface area (Å²) in [6, 6.07) is 2.97. The molecule has 0 unspecified atom stereocenters. The highest BCUT2D eigenvalue weighted by Gasteiger charge is 2.13. The first kappa shape index (κ1) is 14.0. The van der Waals surface area contributed by atoms with Gasteiger partial charge in [0.05, 0.1) is 0 Å². The van der Waals surface area contributed by atoms with Crippen LogP contribution in [0.1, 0.15) is 48.4 Å². The van der Waals surface area contributed by atoms with Crippen LogP contribution in [-0.4, -0.2) is 24.0 Å². The molecule has 1 saturated heterocycles. The summed E-state index contributed by atoms with van der Waals surface area (Å²) in [5.74, 6) is 0. The van der Waals surface area contributed by atoms with E-state index >= 15 is 0 Å². The van der Waals surface area contributed by atoms with E-state index in [-0.39, 0.29) is 0 Å². The van der Waals surface area contributed by atoms with Gasteiger partial charge in [-0.1, -0.05) is 20.3 Å². The van der Waals surface area contributed by atoms with E-state index in [1.54, 1.807) is 5.56 Å². The second-order valence-corrected chi connectivity index (χ2v) is 7.01. The molecule has 3 heteroatoms. The van der Waals surface area contributed by atoms with Crippen molar-refractivity contribution in [3.63, 3.8) is 0 Å². The molecule has 0 aliphatic carbocycles. The van der Waals surface area contributed by atoms with Crippen molar-refractivity contribution in [1.82, 2.24) is 10.2 Å². The number of likely N-dealkylation sites (tertiary alicyclic amines) is 1. The molecule has 102 valence electrons. The van der Waals surface area contributed by atoms with E-state index in [4.69, 9.17) is 0 Å². The molecule has 1 N–H and O–H groups in total. The molecule has 2 rings (SSSR count). The first-order chi connectivity index (χ1) is 8.65. The molecule has 1 aliphatic rings. The third kappa shape index (κ3) is 4.08. The molecule has 1 fully saturated rings. The lowest BCUT2D eigenvalue weighted by atomic mass is 10.1. The fraction of sp³-hybridized carbons (Fsp3) is 0.733. The van der Waals surface area contributed by atoms with Gasteiger partial charge in [-0.15, -0.1) is 11.3 Å². The Hall–Kier alpha value is -0.380. The number of hydrogen-bond donors (Lipinski definition) is 1. The van der Waals surface area contributed by atoms with Crippen LogP contribution in [0.5, 0.6) is 0 Å². The quantitative estimate of drug-likeness (QED) is 0.877. The minimum Gasteiger partial charge on any atom is -0.310 e. The van der Waals surface area contributed by atoms with Crippen LogP contribution in [0.25, 0.3) is 0 Å². The number of nitrogens with zero attached hydrogens (tertiary/aromatic N) is 1. The van der Waals surface area contributed by atoms with Crippen LogP contribution >= 0.6 is 11.3 Å². The Morgan fingerprint density at radius 1 is 1.28 bits per heavy atom.